The third kappa shape index (κ3) is 3.80. The summed E-state index contributed by atoms with van der Waals surface area (Å²) in [6, 6.07) is 0.676. The fourth-order valence-electron chi connectivity index (χ4n) is 2.84. The molecule has 1 aliphatic rings. The second-order valence-corrected chi connectivity index (χ2v) is 5.81. The summed E-state index contributed by atoms with van der Waals surface area (Å²) in [5.74, 6) is 3.17. The molecule has 2 atom stereocenters. The predicted molar refractivity (Wildman–Crippen MR) is 71.3 cm³/mol. The number of aryl methyl sites for hydroxylation is 1. The van der Waals surface area contributed by atoms with Crippen molar-refractivity contribution in [3.63, 3.8) is 0 Å². The summed E-state index contributed by atoms with van der Waals surface area (Å²) in [6.45, 7) is 7.48. The van der Waals surface area contributed by atoms with Crippen molar-refractivity contribution in [1.82, 2.24) is 15.5 Å². The maximum atomic E-state index is 5.11. The molecule has 1 N–H and O–H groups in total. The van der Waals surface area contributed by atoms with Gasteiger partial charge in [0.05, 0.1) is 0 Å². The van der Waals surface area contributed by atoms with Gasteiger partial charge in [-0.3, -0.25) is 0 Å². The smallest absolute Gasteiger partial charge is 0.227 e. The molecular weight excluding hydrogens is 226 g/mol. The number of hydrogen-bond acceptors (Lipinski definition) is 4. The van der Waals surface area contributed by atoms with E-state index in [9.17, 15) is 0 Å². The van der Waals surface area contributed by atoms with Gasteiger partial charge in [-0.2, -0.15) is 4.98 Å². The molecular formula is C14H25N3O. The Kier molecular flexibility index (Phi) is 4.75. The van der Waals surface area contributed by atoms with Gasteiger partial charge in [-0.1, -0.05) is 31.8 Å². The average Bonchev–Trinajstić information content (AvgIpc) is 2.75. The van der Waals surface area contributed by atoms with E-state index in [0.29, 0.717) is 6.04 Å². The molecule has 1 aromatic rings. The molecule has 0 bridgehead atoms. The van der Waals surface area contributed by atoms with Crippen molar-refractivity contribution in [2.24, 2.45) is 11.8 Å². The molecule has 0 aliphatic heterocycles. The van der Waals surface area contributed by atoms with E-state index >= 15 is 0 Å². The zero-order chi connectivity index (χ0) is 13.0. The second-order valence-electron chi connectivity index (χ2n) is 5.81. The van der Waals surface area contributed by atoms with E-state index in [1.807, 2.05) is 6.92 Å². The van der Waals surface area contributed by atoms with Crippen LogP contribution in [0.15, 0.2) is 4.52 Å². The topological polar surface area (TPSA) is 51.0 Å². The Balaban J connectivity index is 1.70. The van der Waals surface area contributed by atoms with E-state index in [1.54, 1.807) is 0 Å². The van der Waals surface area contributed by atoms with Crippen LogP contribution in [0.1, 0.15) is 51.2 Å². The van der Waals surface area contributed by atoms with E-state index in [4.69, 9.17) is 4.52 Å². The minimum atomic E-state index is 0.676. The minimum Gasteiger partial charge on any atom is -0.339 e. The molecule has 1 heterocycles. The lowest BCUT2D eigenvalue weighted by molar-refractivity contribution is 0.231. The van der Waals surface area contributed by atoms with Crippen LogP contribution < -0.4 is 5.32 Å². The van der Waals surface area contributed by atoms with Crippen LogP contribution in [0.2, 0.25) is 0 Å². The minimum absolute atomic E-state index is 0.676. The second kappa shape index (κ2) is 6.32. The number of nitrogens with one attached hydrogen (secondary N) is 1. The van der Waals surface area contributed by atoms with E-state index in [1.165, 1.54) is 25.7 Å². The molecule has 0 saturated heterocycles. The van der Waals surface area contributed by atoms with Crippen LogP contribution in [0, 0.1) is 18.8 Å². The fraction of sp³-hybridized carbons (Fsp3) is 0.857. The first-order valence-electron chi connectivity index (χ1n) is 7.17. The lowest BCUT2D eigenvalue weighted by Gasteiger charge is -2.32. The number of nitrogens with zero attached hydrogens (tertiary/aromatic N) is 2. The first-order chi connectivity index (χ1) is 8.65. The van der Waals surface area contributed by atoms with Crippen molar-refractivity contribution in [3.05, 3.63) is 11.7 Å². The molecule has 1 saturated carbocycles. The Morgan fingerprint density at radius 1 is 1.39 bits per heavy atom. The van der Waals surface area contributed by atoms with Crippen LogP contribution in [-0.2, 0) is 6.42 Å². The number of aromatic nitrogens is 2. The maximum absolute atomic E-state index is 5.11. The largest absolute Gasteiger partial charge is 0.339 e. The summed E-state index contributed by atoms with van der Waals surface area (Å²) in [6.07, 6.45) is 6.23. The highest BCUT2D eigenvalue weighted by molar-refractivity contribution is 4.85. The molecule has 1 aromatic heterocycles. The van der Waals surface area contributed by atoms with Crippen LogP contribution >= 0.6 is 0 Å². The maximum Gasteiger partial charge on any atom is 0.227 e. The first kappa shape index (κ1) is 13.5. The summed E-state index contributed by atoms with van der Waals surface area (Å²) in [5, 5.41) is 7.44. The van der Waals surface area contributed by atoms with Crippen LogP contribution in [0.25, 0.3) is 0 Å². The summed E-state index contributed by atoms with van der Waals surface area (Å²) in [7, 11) is 0. The van der Waals surface area contributed by atoms with Gasteiger partial charge in [0.2, 0.25) is 5.89 Å². The summed E-state index contributed by atoms with van der Waals surface area (Å²) >= 11 is 0. The van der Waals surface area contributed by atoms with Gasteiger partial charge in [0.25, 0.3) is 0 Å². The van der Waals surface area contributed by atoms with Gasteiger partial charge in [-0.25, -0.2) is 0 Å². The Labute approximate surface area is 110 Å². The van der Waals surface area contributed by atoms with Crippen molar-refractivity contribution in [2.75, 3.05) is 6.54 Å². The van der Waals surface area contributed by atoms with Crippen LogP contribution in [0.4, 0.5) is 0 Å². The summed E-state index contributed by atoms with van der Waals surface area (Å²) in [5.41, 5.74) is 0. The van der Waals surface area contributed by atoms with Crippen molar-refractivity contribution in [3.8, 4) is 0 Å². The zero-order valence-corrected chi connectivity index (χ0v) is 11.8. The third-order valence-corrected chi connectivity index (χ3v) is 4.00. The lowest BCUT2D eigenvalue weighted by Crippen LogP contribution is -2.36. The normalized spacial score (nSPS) is 24.7. The molecule has 0 amide bonds. The van der Waals surface area contributed by atoms with Gasteiger partial charge in [-0.05, 0) is 31.6 Å². The van der Waals surface area contributed by atoms with Crippen molar-refractivity contribution in [2.45, 2.75) is 58.9 Å². The van der Waals surface area contributed by atoms with Crippen LogP contribution in [0.3, 0.4) is 0 Å². The van der Waals surface area contributed by atoms with Crippen molar-refractivity contribution in [1.29, 1.82) is 0 Å². The molecule has 2 rings (SSSR count). The Morgan fingerprint density at radius 3 is 2.89 bits per heavy atom. The standard InChI is InChI=1S/C14H25N3O/c1-10(2)12-5-4-6-13(9-12)15-8-7-14-16-11(3)17-18-14/h10,12-13,15H,4-9H2,1-3H3. The van der Waals surface area contributed by atoms with Gasteiger partial charge in [0.15, 0.2) is 5.82 Å². The van der Waals surface area contributed by atoms with Gasteiger partial charge in [0.1, 0.15) is 0 Å². The molecule has 102 valence electrons. The quantitative estimate of drug-likeness (QED) is 0.874. The Morgan fingerprint density at radius 2 is 2.22 bits per heavy atom. The van der Waals surface area contributed by atoms with E-state index in [-0.39, 0.29) is 0 Å². The van der Waals surface area contributed by atoms with Crippen molar-refractivity contribution < 1.29 is 4.52 Å². The fourth-order valence-corrected chi connectivity index (χ4v) is 2.84. The highest BCUT2D eigenvalue weighted by atomic mass is 16.5. The highest BCUT2D eigenvalue weighted by Gasteiger charge is 2.23. The van der Waals surface area contributed by atoms with Gasteiger partial charge >= 0.3 is 0 Å². The number of hydrogen-bond donors (Lipinski definition) is 1. The average molecular weight is 251 g/mol. The summed E-state index contributed by atoms with van der Waals surface area (Å²) in [4.78, 5) is 4.22. The van der Waals surface area contributed by atoms with E-state index in [0.717, 1.165) is 36.5 Å². The van der Waals surface area contributed by atoms with Crippen molar-refractivity contribution >= 4 is 0 Å². The Hall–Kier alpha value is -0.900. The third-order valence-electron chi connectivity index (χ3n) is 4.00. The molecule has 1 fully saturated rings. The molecule has 4 nitrogen and oxygen atoms in total. The molecule has 0 radical (unpaired) electrons. The molecule has 2 unspecified atom stereocenters. The molecule has 1 aliphatic carbocycles. The molecule has 0 aromatic carbocycles. The van der Waals surface area contributed by atoms with Crippen LogP contribution in [0.5, 0.6) is 0 Å². The van der Waals surface area contributed by atoms with Gasteiger partial charge < -0.3 is 9.84 Å². The SMILES string of the molecule is Cc1noc(CCNC2CCCC(C(C)C)C2)n1. The zero-order valence-electron chi connectivity index (χ0n) is 11.8. The lowest BCUT2D eigenvalue weighted by atomic mass is 9.79. The predicted octanol–water partition coefficient (Wildman–Crippen LogP) is 2.72. The van der Waals surface area contributed by atoms with Gasteiger partial charge in [0, 0.05) is 19.0 Å². The van der Waals surface area contributed by atoms with Crippen LogP contribution in [-0.4, -0.2) is 22.7 Å². The summed E-state index contributed by atoms with van der Waals surface area (Å²) < 4.78 is 5.11. The van der Waals surface area contributed by atoms with Gasteiger partial charge in [-0.15, -0.1) is 0 Å². The highest BCUT2D eigenvalue weighted by Crippen LogP contribution is 2.29. The molecule has 18 heavy (non-hydrogen) atoms. The first-order valence-corrected chi connectivity index (χ1v) is 7.17. The molecule has 0 spiro atoms. The Bertz CT molecular complexity index is 362. The van der Waals surface area contributed by atoms with E-state index in [2.05, 4.69) is 29.3 Å². The molecule has 4 heteroatoms. The monoisotopic (exact) mass is 251 g/mol. The number of rotatable bonds is 5. The van der Waals surface area contributed by atoms with E-state index < -0.39 is 0 Å².